The third kappa shape index (κ3) is 6.57. The minimum Gasteiger partial charge on any atom is -1.00 e. The van der Waals surface area contributed by atoms with Crippen molar-refractivity contribution in [3.05, 3.63) is 66.0 Å². The maximum absolute atomic E-state index is 13.2. The van der Waals surface area contributed by atoms with Crippen LogP contribution in [-0.4, -0.2) is 46.4 Å². The highest BCUT2D eigenvalue weighted by Crippen LogP contribution is 2.47. The SMILES string of the molecule is CN(C)c1ccc(P(=O)(O)CC2CCC(c3ccc(C4=Nc5c(N)ncnc5OC4(C)C)cc3)CC2)cc1.[Br-].[NH4+]. The Bertz CT molecular complexity index is 1390. The van der Waals surface area contributed by atoms with Gasteiger partial charge in [0.05, 0.1) is 5.71 Å². The van der Waals surface area contributed by atoms with Crippen molar-refractivity contribution in [3.63, 3.8) is 0 Å². The maximum Gasteiger partial charge on any atom is 0.246 e. The summed E-state index contributed by atoms with van der Waals surface area (Å²) in [5.74, 6) is 1.41. The van der Waals surface area contributed by atoms with Crippen molar-refractivity contribution in [2.24, 2.45) is 10.9 Å². The normalized spacial score (nSPS) is 20.9. The Balaban J connectivity index is 0.00000220. The van der Waals surface area contributed by atoms with Crippen LogP contribution < -0.4 is 43.8 Å². The molecular formula is C29H40BrN6O3P. The lowest BCUT2D eigenvalue weighted by atomic mass is 9.79. The molecule has 1 saturated carbocycles. The number of anilines is 2. The lowest BCUT2D eigenvalue weighted by Crippen LogP contribution is -3.00. The molecule has 2 heterocycles. The minimum atomic E-state index is -3.38. The number of nitrogens with two attached hydrogens (primary N) is 1. The van der Waals surface area contributed by atoms with E-state index >= 15 is 0 Å². The summed E-state index contributed by atoms with van der Waals surface area (Å²) in [6.45, 7) is 3.94. The predicted molar refractivity (Wildman–Crippen MR) is 160 cm³/mol. The fourth-order valence-corrected chi connectivity index (χ4v) is 7.43. The number of halogens is 1. The van der Waals surface area contributed by atoms with Gasteiger partial charge in [-0.1, -0.05) is 24.3 Å². The Morgan fingerprint density at radius 2 is 1.65 bits per heavy atom. The van der Waals surface area contributed by atoms with Gasteiger partial charge in [-0.2, -0.15) is 4.98 Å². The molecule has 0 spiro atoms. The quantitative estimate of drug-likeness (QED) is 0.354. The Morgan fingerprint density at radius 3 is 2.25 bits per heavy atom. The first kappa shape index (κ1) is 31.7. The molecule has 1 aromatic heterocycles. The van der Waals surface area contributed by atoms with Crippen LogP contribution in [0.2, 0.25) is 0 Å². The van der Waals surface area contributed by atoms with E-state index in [0.717, 1.165) is 42.6 Å². The van der Waals surface area contributed by atoms with E-state index in [1.807, 2.05) is 45.0 Å². The first-order valence-electron chi connectivity index (χ1n) is 13.1. The van der Waals surface area contributed by atoms with Gasteiger partial charge in [0.1, 0.15) is 11.9 Å². The third-order valence-corrected chi connectivity index (χ3v) is 9.86. The third-order valence-electron chi connectivity index (χ3n) is 7.74. The molecule has 1 fully saturated rings. The fraction of sp³-hybridized carbons (Fsp3) is 0.414. The average Bonchev–Trinajstić information content (AvgIpc) is 2.88. The van der Waals surface area contributed by atoms with Crippen LogP contribution in [0.3, 0.4) is 0 Å². The molecule has 2 aromatic carbocycles. The van der Waals surface area contributed by atoms with Gasteiger partial charge in [-0.15, -0.1) is 0 Å². The zero-order valence-electron chi connectivity index (χ0n) is 23.8. The van der Waals surface area contributed by atoms with E-state index in [2.05, 4.69) is 34.2 Å². The molecular weight excluding hydrogens is 591 g/mol. The van der Waals surface area contributed by atoms with Crippen molar-refractivity contribution in [1.29, 1.82) is 0 Å². The van der Waals surface area contributed by atoms with Gasteiger partial charge in [0, 0.05) is 36.8 Å². The largest absolute Gasteiger partial charge is 1.00 e. The molecule has 1 atom stereocenters. The van der Waals surface area contributed by atoms with E-state index in [4.69, 9.17) is 15.5 Å². The van der Waals surface area contributed by atoms with Crippen LogP contribution >= 0.6 is 7.37 Å². The fourth-order valence-electron chi connectivity index (χ4n) is 5.53. The number of quaternary nitrogens is 1. The number of aromatic nitrogens is 2. The first-order chi connectivity index (χ1) is 18.0. The van der Waals surface area contributed by atoms with Gasteiger partial charge in [0.2, 0.25) is 13.2 Å². The van der Waals surface area contributed by atoms with Crippen LogP contribution in [0, 0.1) is 5.92 Å². The highest BCUT2D eigenvalue weighted by molar-refractivity contribution is 7.66. The van der Waals surface area contributed by atoms with Gasteiger partial charge in [-0.25, -0.2) is 9.98 Å². The summed E-state index contributed by atoms with van der Waals surface area (Å²) < 4.78 is 19.3. The van der Waals surface area contributed by atoms with Crippen LogP contribution in [0.1, 0.15) is 56.6 Å². The number of aliphatic imine (C=N–C) groups is 1. The summed E-state index contributed by atoms with van der Waals surface area (Å²) in [5.41, 5.74) is 9.91. The van der Waals surface area contributed by atoms with E-state index in [9.17, 15) is 9.46 Å². The summed E-state index contributed by atoms with van der Waals surface area (Å²) in [6, 6.07) is 15.9. The molecule has 1 unspecified atom stereocenters. The molecule has 7 N–H and O–H groups in total. The molecule has 11 heteroatoms. The standard InChI is InChI=1S/C29H36N5O3P.BrH.H3N/c1-29(2)26(33-25-27(30)31-18-32-28(25)37-29)22-11-9-21(10-12-22)20-7-5-19(6-8-20)17-38(35,36)24-15-13-23(14-16-24)34(3)4;;/h9-16,18-20H,5-8,17H2,1-4H3,(H,35,36)(H2,30,31,32);1H;1H3. The van der Waals surface area contributed by atoms with Gasteiger partial charge >= 0.3 is 0 Å². The first-order valence-corrected chi connectivity index (χ1v) is 15.0. The number of hydrogen-bond donors (Lipinski definition) is 3. The predicted octanol–water partition coefficient (Wildman–Crippen LogP) is 2.67. The molecule has 40 heavy (non-hydrogen) atoms. The zero-order chi connectivity index (χ0) is 27.1. The molecule has 1 aliphatic heterocycles. The van der Waals surface area contributed by atoms with Crippen LogP contribution in [0.4, 0.5) is 17.2 Å². The highest BCUT2D eigenvalue weighted by atomic mass is 79.9. The summed E-state index contributed by atoms with van der Waals surface area (Å²) in [5, 5.41) is 0.550. The van der Waals surface area contributed by atoms with E-state index < -0.39 is 13.0 Å². The molecule has 0 saturated heterocycles. The van der Waals surface area contributed by atoms with Crippen LogP contribution in [0.5, 0.6) is 5.88 Å². The zero-order valence-corrected chi connectivity index (χ0v) is 26.3. The van der Waals surface area contributed by atoms with E-state index in [-0.39, 0.29) is 29.0 Å². The summed E-state index contributed by atoms with van der Waals surface area (Å²) in [4.78, 5) is 25.8. The molecule has 1 aliphatic carbocycles. The van der Waals surface area contributed by atoms with Crippen molar-refractivity contribution in [3.8, 4) is 5.88 Å². The van der Waals surface area contributed by atoms with Crippen molar-refractivity contribution in [2.45, 2.75) is 51.0 Å². The number of ether oxygens (including phenoxy) is 1. The molecule has 9 nitrogen and oxygen atoms in total. The highest BCUT2D eigenvalue weighted by Gasteiger charge is 2.35. The lowest BCUT2D eigenvalue weighted by Gasteiger charge is -2.32. The van der Waals surface area contributed by atoms with Gasteiger partial charge < -0.3 is 43.4 Å². The smallest absolute Gasteiger partial charge is 0.246 e. The number of fused-ring (bicyclic) bond motifs is 1. The lowest BCUT2D eigenvalue weighted by molar-refractivity contribution is -0.0000133. The second-order valence-electron chi connectivity index (χ2n) is 11.1. The Hall–Kier alpha value is -2.78. The summed E-state index contributed by atoms with van der Waals surface area (Å²) in [6.07, 6.45) is 5.67. The Kier molecular flexibility index (Phi) is 9.83. The van der Waals surface area contributed by atoms with E-state index in [1.54, 1.807) is 12.1 Å². The molecule has 3 aromatic rings. The molecule has 216 valence electrons. The van der Waals surface area contributed by atoms with Gasteiger partial charge in [-0.3, -0.25) is 4.57 Å². The molecule has 0 bridgehead atoms. The maximum atomic E-state index is 13.2. The molecule has 0 radical (unpaired) electrons. The van der Waals surface area contributed by atoms with Crippen molar-refractivity contribution in [1.82, 2.24) is 16.1 Å². The average molecular weight is 632 g/mol. The minimum absolute atomic E-state index is 0. The topological polar surface area (TPSA) is 150 Å². The Labute approximate surface area is 247 Å². The van der Waals surface area contributed by atoms with Crippen molar-refractivity contribution in [2.75, 3.05) is 30.9 Å². The van der Waals surface area contributed by atoms with Crippen molar-refractivity contribution < 1.29 is 31.2 Å². The summed E-state index contributed by atoms with van der Waals surface area (Å²) in [7, 11) is 0.546. The number of nitrogens with zero attached hydrogens (tertiary/aromatic N) is 4. The number of rotatable bonds is 6. The van der Waals surface area contributed by atoms with Gasteiger partial charge in [0.25, 0.3) is 0 Å². The van der Waals surface area contributed by atoms with Gasteiger partial charge in [0.15, 0.2) is 11.5 Å². The number of nitrogen functional groups attached to an aromatic ring is 1. The summed E-state index contributed by atoms with van der Waals surface area (Å²) >= 11 is 0. The van der Waals surface area contributed by atoms with Crippen molar-refractivity contribution >= 4 is 35.6 Å². The second-order valence-corrected chi connectivity index (χ2v) is 13.4. The number of hydrogen-bond acceptors (Lipinski definition) is 7. The van der Waals surface area contributed by atoms with Crippen LogP contribution in [0.15, 0.2) is 59.9 Å². The van der Waals surface area contributed by atoms with E-state index in [1.165, 1.54) is 11.9 Å². The second kappa shape index (κ2) is 12.4. The van der Waals surface area contributed by atoms with Gasteiger partial charge in [-0.05, 0) is 81.2 Å². The Morgan fingerprint density at radius 1 is 1.02 bits per heavy atom. The molecule has 2 aliphatic rings. The monoisotopic (exact) mass is 630 g/mol. The molecule has 5 rings (SSSR count). The van der Waals surface area contributed by atoms with Crippen LogP contribution in [-0.2, 0) is 4.57 Å². The van der Waals surface area contributed by atoms with Crippen LogP contribution in [0.25, 0.3) is 0 Å². The van der Waals surface area contributed by atoms with E-state index in [0.29, 0.717) is 34.8 Å². The number of benzene rings is 2. The molecule has 0 amide bonds.